The fourth-order valence-corrected chi connectivity index (χ4v) is 3.13. The second-order valence-electron chi connectivity index (χ2n) is 6.61. The number of nitrogens with zero attached hydrogens (tertiary/aromatic N) is 2. The van der Waals surface area contributed by atoms with E-state index in [4.69, 9.17) is 14.2 Å². The molecule has 1 aromatic heterocycles. The molecule has 2 aromatic rings. The van der Waals surface area contributed by atoms with Gasteiger partial charge in [0.05, 0.1) is 25.4 Å². The Labute approximate surface area is 172 Å². The van der Waals surface area contributed by atoms with E-state index < -0.39 is 18.0 Å². The van der Waals surface area contributed by atoms with Crippen molar-refractivity contribution < 1.29 is 28.6 Å². The maximum atomic E-state index is 12.8. The normalized spacial score (nSPS) is 16.9. The summed E-state index contributed by atoms with van der Waals surface area (Å²) in [7, 11) is 0. The molecule has 3 amide bonds. The van der Waals surface area contributed by atoms with Crippen LogP contribution in [0, 0.1) is 0 Å². The third-order valence-corrected chi connectivity index (χ3v) is 4.67. The Morgan fingerprint density at radius 2 is 1.90 bits per heavy atom. The van der Waals surface area contributed by atoms with Crippen molar-refractivity contribution in [2.75, 3.05) is 26.5 Å². The Morgan fingerprint density at radius 1 is 1.07 bits per heavy atom. The van der Waals surface area contributed by atoms with Gasteiger partial charge in [-0.3, -0.25) is 19.4 Å². The summed E-state index contributed by atoms with van der Waals surface area (Å²) in [4.78, 5) is 42.5. The van der Waals surface area contributed by atoms with Crippen LogP contribution in [0.1, 0.15) is 16.1 Å². The first-order valence-corrected chi connectivity index (χ1v) is 9.40. The molecule has 1 saturated heterocycles. The van der Waals surface area contributed by atoms with Crippen molar-refractivity contribution in [3.63, 3.8) is 0 Å². The molecule has 10 heteroatoms. The highest BCUT2D eigenvalue weighted by molar-refractivity contribution is 6.35. The van der Waals surface area contributed by atoms with Crippen molar-refractivity contribution >= 4 is 17.7 Å². The van der Waals surface area contributed by atoms with Crippen molar-refractivity contribution in [3.8, 4) is 11.5 Å². The summed E-state index contributed by atoms with van der Waals surface area (Å²) in [5.41, 5.74) is 1.06. The van der Waals surface area contributed by atoms with E-state index in [0.717, 1.165) is 0 Å². The molecule has 0 radical (unpaired) electrons. The fraction of sp³-hybridized carbons (Fsp3) is 0.300. The number of hydrogen-bond donors (Lipinski definition) is 2. The van der Waals surface area contributed by atoms with Crippen LogP contribution in [0.15, 0.2) is 42.6 Å². The molecule has 0 spiro atoms. The molecule has 0 unspecified atom stereocenters. The van der Waals surface area contributed by atoms with Crippen LogP contribution >= 0.6 is 0 Å². The van der Waals surface area contributed by atoms with E-state index in [9.17, 15) is 14.4 Å². The largest absolute Gasteiger partial charge is 0.454 e. The van der Waals surface area contributed by atoms with Crippen LogP contribution in [0.2, 0.25) is 0 Å². The van der Waals surface area contributed by atoms with Crippen molar-refractivity contribution in [1.29, 1.82) is 0 Å². The minimum atomic E-state index is -0.808. The number of pyridine rings is 1. The number of aromatic nitrogens is 1. The third-order valence-electron chi connectivity index (χ3n) is 4.67. The highest BCUT2D eigenvalue weighted by atomic mass is 16.7. The van der Waals surface area contributed by atoms with E-state index in [2.05, 4.69) is 15.6 Å². The SMILES string of the molecule is O=C(NCc1ccccn1)C(=O)NC[C@@H]1OCCN1C(=O)c1ccc2c(c1)OCO2. The first kappa shape index (κ1) is 19.6. The van der Waals surface area contributed by atoms with Gasteiger partial charge < -0.3 is 29.7 Å². The summed E-state index contributed by atoms with van der Waals surface area (Å²) in [6.45, 7) is 0.965. The third kappa shape index (κ3) is 4.33. The summed E-state index contributed by atoms with van der Waals surface area (Å²) in [6, 6.07) is 10.2. The van der Waals surface area contributed by atoms with Gasteiger partial charge in [-0.2, -0.15) is 0 Å². The molecule has 156 valence electrons. The van der Waals surface area contributed by atoms with Crippen LogP contribution in [0.4, 0.5) is 0 Å². The van der Waals surface area contributed by atoms with Gasteiger partial charge in [0, 0.05) is 18.3 Å². The lowest BCUT2D eigenvalue weighted by Crippen LogP contribution is -2.47. The van der Waals surface area contributed by atoms with Crippen molar-refractivity contribution in [3.05, 3.63) is 53.9 Å². The van der Waals surface area contributed by atoms with Gasteiger partial charge in [0.15, 0.2) is 11.5 Å². The van der Waals surface area contributed by atoms with Crippen LogP contribution in [-0.2, 0) is 20.9 Å². The second kappa shape index (κ2) is 8.78. The minimum Gasteiger partial charge on any atom is -0.454 e. The Morgan fingerprint density at radius 3 is 2.73 bits per heavy atom. The maximum absolute atomic E-state index is 12.8. The highest BCUT2D eigenvalue weighted by Crippen LogP contribution is 2.33. The van der Waals surface area contributed by atoms with Gasteiger partial charge in [0.2, 0.25) is 6.79 Å². The number of carbonyl (C=O) groups excluding carboxylic acids is 3. The molecule has 0 aliphatic carbocycles. The Hall–Kier alpha value is -3.66. The number of nitrogens with one attached hydrogen (secondary N) is 2. The van der Waals surface area contributed by atoms with Crippen LogP contribution in [0.3, 0.4) is 0 Å². The molecular weight excluding hydrogens is 392 g/mol. The van der Waals surface area contributed by atoms with Crippen LogP contribution in [-0.4, -0.2) is 60.3 Å². The summed E-state index contributed by atoms with van der Waals surface area (Å²) in [5.74, 6) is -0.756. The quantitative estimate of drug-likeness (QED) is 0.666. The zero-order chi connectivity index (χ0) is 20.9. The minimum absolute atomic E-state index is 0.00781. The number of benzene rings is 1. The van der Waals surface area contributed by atoms with Gasteiger partial charge in [-0.1, -0.05) is 6.07 Å². The molecule has 2 aliphatic rings. The van der Waals surface area contributed by atoms with Crippen LogP contribution in [0.25, 0.3) is 0 Å². The predicted octanol–water partition coefficient (Wildman–Crippen LogP) is 0.0414. The number of fused-ring (bicyclic) bond motifs is 1. The summed E-state index contributed by atoms with van der Waals surface area (Å²) >= 11 is 0. The van der Waals surface area contributed by atoms with E-state index >= 15 is 0 Å². The Kier molecular flexibility index (Phi) is 5.75. The van der Waals surface area contributed by atoms with Gasteiger partial charge in [-0.25, -0.2) is 0 Å². The van der Waals surface area contributed by atoms with Gasteiger partial charge in [0.1, 0.15) is 6.23 Å². The van der Waals surface area contributed by atoms with E-state index in [0.29, 0.717) is 35.9 Å². The molecule has 0 bridgehead atoms. The van der Waals surface area contributed by atoms with Crippen LogP contribution < -0.4 is 20.1 Å². The van der Waals surface area contributed by atoms with Crippen molar-refractivity contribution in [1.82, 2.24) is 20.5 Å². The molecule has 3 heterocycles. The molecule has 2 aliphatic heterocycles. The van der Waals surface area contributed by atoms with Gasteiger partial charge in [-0.05, 0) is 30.3 Å². The van der Waals surface area contributed by atoms with Crippen molar-refractivity contribution in [2.24, 2.45) is 0 Å². The van der Waals surface area contributed by atoms with E-state index in [1.54, 1.807) is 42.6 Å². The second-order valence-corrected chi connectivity index (χ2v) is 6.61. The average Bonchev–Trinajstić information content (AvgIpc) is 3.44. The molecule has 10 nitrogen and oxygen atoms in total. The summed E-state index contributed by atoms with van der Waals surface area (Å²) in [5, 5.41) is 5.00. The standard InChI is InChI=1S/C20H20N4O6/c25-18(22-10-14-3-1-2-6-21-14)19(26)23-11-17-24(7-8-28-17)20(27)13-4-5-15-16(9-13)30-12-29-15/h1-6,9,17H,7-8,10-12H2,(H,22,25)(H,23,26)/t17-/m0/s1. The Bertz CT molecular complexity index is 952. The molecule has 2 N–H and O–H groups in total. The lowest BCUT2D eigenvalue weighted by Gasteiger charge is -2.23. The summed E-state index contributed by atoms with van der Waals surface area (Å²) < 4.78 is 16.1. The molecule has 1 fully saturated rings. The number of ether oxygens (including phenoxy) is 3. The van der Waals surface area contributed by atoms with E-state index in [-0.39, 0.29) is 25.8 Å². The number of amides is 3. The molecule has 1 atom stereocenters. The number of carbonyl (C=O) groups is 3. The molecule has 4 rings (SSSR count). The molecule has 30 heavy (non-hydrogen) atoms. The van der Waals surface area contributed by atoms with Crippen LogP contribution in [0.5, 0.6) is 11.5 Å². The Balaban J connectivity index is 1.30. The number of rotatable bonds is 5. The predicted molar refractivity (Wildman–Crippen MR) is 102 cm³/mol. The molecule has 1 aromatic carbocycles. The fourth-order valence-electron chi connectivity index (χ4n) is 3.13. The lowest BCUT2D eigenvalue weighted by molar-refractivity contribution is -0.139. The zero-order valence-corrected chi connectivity index (χ0v) is 16.0. The first-order valence-electron chi connectivity index (χ1n) is 9.40. The number of hydrogen-bond acceptors (Lipinski definition) is 7. The van der Waals surface area contributed by atoms with Gasteiger partial charge >= 0.3 is 11.8 Å². The van der Waals surface area contributed by atoms with E-state index in [1.807, 2.05) is 0 Å². The zero-order valence-electron chi connectivity index (χ0n) is 16.0. The smallest absolute Gasteiger partial charge is 0.309 e. The topological polar surface area (TPSA) is 119 Å². The van der Waals surface area contributed by atoms with E-state index in [1.165, 1.54) is 4.90 Å². The summed E-state index contributed by atoms with van der Waals surface area (Å²) in [6.07, 6.45) is 0.931. The highest BCUT2D eigenvalue weighted by Gasteiger charge is 2.32. The molecular formula is C20H20N4O6. The molecule has 0 saturated carbocycles. The van der Waals surface area contributed by atoms with Crippen molar-refractivity contribution in [2.45, 2.75) is 12.8 Å². The maximum Gasteiger partial charge on any atom is 0.309 e. The lowest BCUT2D eigenvalue weighted by atomic mass is 10.1. The first-order chi connectivity index (χ1) is 14.6. The van der Waals surface area contributed by atoms with Gasteiger partial charge in [-0.15, -0.1) is 0 Å². The van der Waals surface area contributed by atoms with Gasteiger partial charge in [0.25, 0.3) is 5.91 Å². The average molecular weight is 412 g/mol. The monoisotopic (exact) mass is 412 g/mol.